The van der Waals surface area contributed by atoms with Crippen LogP contribution in [0.15, 0.2) is 21.6 Å². The SMILES string of the molecule is CCNC(=NCCc1nc(C(C)C)no1)N1CCN(Cc2ccc(Cl)s2)CC1.I. The number of aromatic nitrogens is 2. The number of aliphatic imine (C=N–C) groups is 1. The van der Waals surface area contributed by atoms with Gasteiger partial charge >= 0.3 is 0 Å². The van der Waals surface area contributed by atoms with E-state index in [9.17, 15) is 0 Å². The molecule has 2 aromatic rings. The molecule has 3 rings (SSSR count). The van der Waals surface area contributed by atoms with Gasteiger partial charge in [0.1, 0.15) is 0 Å². The van der Waals surface area contributed by atoms with Crippen molar-refractivity contribution in [1.29, 1.82) is 0 Å². The van der Waals surface area contributed by atoms with Crippen LogP contribution in [0.2, 0.25) is 4.34 Å². The van der Waals surface area contributed by atoms with E-state index < -0.39 is 0 Å². The Morgan fingerprint density at radius 3 is 2.66 bits per heavy atom. The van der Waals surface area contributed by atoms with Crippen molar-refractivity contribution in [3.05, 3.63) is 33.1 Å². The summed E-state index contributed by atoms with van der Waals surface area (Å²) in [5.74, 6) is 2.65. The molecule has 1 N–H and O–H groups in total. The molecule has 10 heteroatoms. The van der Waals surface area contributed by atoms with Crippen molar-refractivity contribution >= 4 is 52.9 Å². The summed E-state index contributed by atoms with van der Waals surface area (Å²) in [7, 11) is 0. The van der Waals surface area contributed by atoms with Crippen LogP contribution in [0.3, 0.4) is 0 Å². The Balaban J connectivity index is 0.00000300. The van der Waals surface area contributed by atoms with Gasteiger partial charge in [0.05, 0.1) is 10.9 Å². The minimum Gasteiger partial charge on any atom is -0.357 e. The van der Waals surface area contributed by atoms with Crippen LogP contribution >= 0.6 is 46.9 Å². The highest BCUT2D eigenvalue weighted by atomic mass is 127. The quantitative estimate of drug-likeness (QED) is 0.320. The Morgan fingerprint density at radius 1 is 1.31 bits per heavy atom. The number of nitrogens with one attached hydrogen (secondary N) is 1. The molecule has 3 heterocycles. The highest BCUT2D eigenvalue weighted by molar-refractivity contribution is 14.0. The number of piperazine rings is 1. The lowest BCUT2D eigenvalue weighted by Gasteiger charge is -2.36. The van der Waals surface area contributed by atoms with Crippen molar-refractivity contribution in [3.8, 4) is 0 Å². The van der Waals surface area contributed by atoms with E-state index in [4.69, 9.17) is 21.1 Å². The molecule has 0 aliphatic carbocycles. The smallest absolute Gasteiger partial charge is 0.228 e. The lowest BCUT2D eigenvalue weighted by molar-refractivity contribution is 0.173. The molecule has 0 radical (unpaired) electrons. The maximum Gasteiger partial charge on any atom is 0.228 e. The molecule has 0 saturated carbocycles. The number of nitrogens with zero attached hydrogens (tertiary/aromatic N) is 5. The van der Waals surface area contributed by atoms with Crippen molar-refractivity contribution in [3.63, 3.8) is 0 Å². The second kappa shape index (κ2) is 12.1. The summed E-state index contributed by atoms with van der Waals surface area (Å²) >= 11 is 7.70. The first-order chi connectivity index (χ1) is 13.5. The van der Waals surface area contributed by atoms with Crippen molar-refractivity contribution in [2.75, 3.05) is 39.3 Å². The molecule has 0 bridgehead atoms. The Kier molecular flexibility index (Phi) is 10.1. The van der Waals surface area contributed by atoms with Gasteiger partial charge in [-0.05, 0) is 19.1 Å². The minimum absolute atomic E-state index is 0. The largest absolute Gasteiger partial charge is 0.357 e. The predicted molar refractivity (Wildman–Crippen MR) is 130 cm³/mol. The third-order valence-corrected chi connectivity index (χ3v) is 5.82. The second-order valence-electron chi connectivity index (χ2n) is 7.16. The first-order valence-corrected chi connectivity index (χ1v) is 11.1. The van der Waals surface area contributed by atoms with Gasteiger partial charge in [-0.15, -0.1) is 35.3 Å². The summed E-state index contributed by atoms with van der Waals surface area (Å²) in [6.07, 6.45) is 0.660. The Hall–Kier alpha value is -0.910. The second-order valence-corrected chi connectivity index (χ2v) is 8.96. The zero-order valence-electron chi connectivity index (χ0n) is 17.2. The Morgan fingerprint density at radius 2 is 2.07 bits per heavy atom. The summed E-state index contributed by atoms with van der Waals surface area (Å²) in [4.78, 5) is 15.3. The number of thiophene rings is 1. The van der Waals surface area contributed by atoms with E-state index in [1.54, 1.807) is 11.3 Å². The third kappa shape index (κ3) is 7.37. The topological polar surface area (TPSA) is 69.8 Å². The minimum atomic E-state index is 0. The molecule has 0 amide bonds. The van der Waals surface area contributed by atoms with Crippen LogP contribution in [-0.4, -0.2) is 65.2 Å². The maximum absolute atomic E-state index is 6.04. The van der Waals surface area contributed by atoms with E-state index in [0.29, 0.717) is 18.9 Å². The molecule has 162 valence electrons. The number of guanidine groups is 1. The molecular formula is C19H30ClIN6OS. The molecule has 1 saturated heterocycles. The highest BCUT2D eigenvalue weighted by Crippen LogP contribution is 2.23. The van der Waals surface area contributed by atoms with Crippen molar-refractivity contribution in [1.82, 2.24) is 25.3 Å². The predicted octanol–water partition coefficient (Wildman–Crippen LogP) is 3.85. The fourth-order valence-corrected chi connectivity index (χ4v) is 4.19. The van der Waals surface area contributed by atoms with Crippen LogP contribution in [-0.2, 0) is 13.0 Å². The fourth-order valence-electron chi connectivity index (χ4n) is 3.06. The van der Waals surface area contributed by atoms with Gasteiger partial charge in [0, 0.05) is 56.5 Å². The average Bonchev–Trinajstić information content (AvgIpc) is 3.31. The lowest BCUT2D eigenvalue weighted by Crippen LogP contribution is -2.52. The van der Waals surface area contributed by atoms with E-state index in [-0.39, 0.29) is 29.9 Å². The van der Waals surface area contributed by atoms with Gasteiger partial charge in [-0.2, -0.15) is 4.98 Å². The van der Waals surface area contributed by atoms with Gasteiger partial charge in [0.2, 0.25) is 5.89 Å². The third-order valence-electron chi connectivity index (χ3n) is 4.60. The summed E-state index contributed by atoms with van der Waals surface area (Å²) in [6, 6.07) is 4.09. The summed E-state index contributed by atoms with van der Waals surface area (Å²) < 4.78 is 6.16. The number of rotatable bonds is 7. The van der Waals surface area contributed by atoms with Crippen LogP contribution in [0, 0.1) is 0 Å². The molecule has 1 aliphatic rings. The zero-order valence-corrected chi connectivity index (χ0v) is 21.1. The first-order valence-electron chi connectivity index (χ1n) is 9.87. The van der Waals surface area contributed by atoms with Gasteiger partial charge in [-0.1, -0.05) is 30.6 Å². The molecule has 0 aromatic carbocycles. The highest BCUT2D eigenvalue weighted by Gasteiger charge is 2.20. The summed E-state index contributed by atoms with van der Waals surface area (Å²) in [6.45, 7) is 12.6. The van der Waals surface area contributed by atoms with Crippen LogP contribution in [0.1, 0.15) is 43.3 Å². The van der Waals surface area contributed by atoms with Crippen LogP contribution in [0.25, 0.3) is 0 Å². The average molecular weight is 553 g/mol. The molecular weight excluding hydrogens is 523 g/mol. The molecule has 1 fully saturated rings. The van der Waals surface area contributed by atoms with Crippen LogP contribution in [0.4, 0.5) is 0 Å². The van der Waals surface area contributed by atoms with Gasteiger partial charge in [0.25, 0.3) is 0 Å². The standard InChI is InChI=1S/C19H29ClN6OS.HI/c1-4-21-19(22-8-7-17-23-18(14(2)3)24-27-17)26-11-9-25(10-12-26)13-15-5-6-16(20)28-15;/h5-6,14H,4,7-13H2,1-3H3,(H,21,22);1H. The Bertz CT molecular complexity index is 772. The first kappa shape index (κ1) is 24.4. The van der Waals surface area contributed by atoms with E-state index >= 15 is 0 Å². The molecule has 0 spiro atoms. The monoisotopic (exact) mass is 552 g/mol. The van der Waals surface area contributed by atoms with Gasteiger partial charge in [-0.3, -0.25) is 9.89 Å². The van der Waals surface area contributed by atoms with E-state index in [0.717, 1.165) is 55.4 Å². The van der Waals surface area contributed by atoms with Gasteiger partial charge in [-0.25, -0.2) is 0 Å². The molecule has 2 aromatic heterocycles. The van der Waals surface area contributed by atoms with E-state index in [1.165, 1.54) is 4.88 Å². The molecule has 0 unspecified atom stereocenters. The van der Waals surface area contributed by atoms with Crippen molar-refractivity contribution in [2.45, 2.75) is 39.7 Å². The van der Waals surface area contributed by atoms with Crippen molar-refractivity contribution in [2.24, 2.45) is 4.99 Å². The van der Waals surface area contributed by atoms with E-state index in [2.05, 4.69) is 52.1 Å². The lowest BCUT2D eigenvalue weighted by atomic mass is 10.2. The van der Waals surface area contributed by atoms with Gasteiger partial charge < -0.3 is 14.7 Å². The zero-order chi connectivity index (χ0) is 19.9. The number of hydrogen-bond donors (Lipinski definition) is 1. The molecule has 0 atom stereocenters. The number of halogens is 2. The number of hydrogen-bond acceptors (Lipinski definition) is 6. The van der Waals surface area contributed by atoms with E-state index in [1.807, 2.05) is 6.07 Å². The molecule has 29 heavy (non-hydrogen) atoms. The van der Waals surface area contributed by atoms with Crippen LogP contribution in [0.5, 0.6) is 0 Å². The van der Waals surface area contributed by atoms with Crippen LogP contribution < -0.4 is 5.32 Å². The normalized spacial score (nSPS) is 15.6. The fraction of sp³-hybridized carbons (Fsp3) is 0.632. The molecule has 7 nitrogen and oxygen atoms in total. The summed E-state index contributed by atoms with van der Waals surface area (Å²) in [5, 5.41) is 7.42. The Labute approximate surface area is 198 Å². The molecule has 1 aliphatic heterocycles. The van der Waals surface area contributed by atoms with Gasteiger partial charge in [0.15, 0.2) is 11.8 Å². The summed E-state index contributed by atoms with van der Waals surface area (Å²) in [5.41, 5.74) is 0. The van der Waals surface area contributed by atoms with Crippen molar-refractivity contribution < 1.29 is 4.52 Å². The maximum atomic E-state index is 6.04.